The van der Waals surface area contributed by atoms with E-state index in [1.807, 2.05) is 0 Å². The molecule has 0 bridgehead atoms. The standard InChI is InChI=1S/C22H24N4O6S2/c23-15(9-12-5-7-13(27)8-6-12)20(29)25-17-10-33-34-11-18(22(31)32)26-19(28)14-3-1-2-4-16(14)24-21(17)30/h1-8,15,17-18,27H,9-11,23H2,(H,24,30)(H,25,29)(H,26,28)(H,31,32)/t15-,17-,18-/m0/s1. The maximum absolute atomic E-state index is 13.0. The van der Waals surface area contributed by atoms with Crippen molar-refractivity contribution in [2.75, 3.05) is 16.8 Å². The SMILES string of the molecule is N[C@@H](Cc1ccc(O)cc1)C(=O)N[C@H]1CSSC[C@@H](C(=O)O)NC(=O)c2ccccc2NC1=O. The second kappa shape index (κ2) is 11.8. The number of aliphatic carboxylic acids is 1. The third kappa shape index (κ3) is 6.89. The molecular weight excluding hydrogens is 480 g/mol. The zero-order valence-electron chi connectivity index (χ0n) is 17.9. The van der Waals surface area contributed by atoms with Gasteiger partial charge in [-0.25, -0.2) is 4.79 Å². The van der Waals surface area contributed by atoms with Crippen LogP contribution >= 0.6 is 21.6 Å². The first-order chi connectivity index (χ1) is 16.2. The van der Waals surface area contributed by atoms with Crippen LogP contribution in [0.3, 0.4) is 0 Å². The van der Waals surface area contributed by atoms with Gasteiger partial charge in [-0.15, -0.1) is 0 Å². The van der Waals surface area contributed by atoms with Gasteiger partial charge < -0.3 is 31.9 Å². The van der Waals surface area contributed by atoms with E-state index in [0.29, 0.717) is 0 Å². The molecule has 2 aromatic rings. The minimum Gasteiger partial charge on any atom is -0.508 e. The fourth-order valence-electron chi connectivity index (χ4n) is 3.09. The molecule has 1 aliphatic heterocycles. The number of aromatic hydroxyl groups is 1. The van der Waals surface area contributed by atoms with Gasteiger partial charge in [-0.05, 0) is 36.2 Å². The largest absolute Gasteiger partial charge is 0.508 e. The molecule has 0 spiro atoms. The average Bonchev–Trinajstić information content (AvgIpc) is 2.80. The number of hydrogen-bond acceptors (Lipinski definition) is 8. The minimum absolute atomic E-state index is 0.0660. The Balaban J connectivity index is 1.76. The lowest BCUT2D eigenvalue weighted by atomic mass is 10.1. The van der Waals surface area contributed by atoms with Crippen LogP contribution in [0.1, 0.15) is 15.9 Å². The minimum atomic E-state index is -1.18. The quantitative estimate of drug-likeness (QED) is 0.325. The Labute approximate surface area is 203 Å². The van der Waals surface area contributed by atoms with Crippen molar-refractivity contribution in [1.82, 2.24) is 10.6 Å². The number of carboxylic acid groups (broad SMARTS) is 1. The van der Waals surface area contributed by atoms with Gasteiger partial charge in [-0.2, -0.15) is 0 Å². The fraction of sp³-hybridized carbons (Fsp3) is 0.273. The summed E-state index contributed by atoms with van der Waals surface area (Å²) in [5.74, 6) is -2.57. The number of nitrogens with one attached hydrogen (secondary N) is 3. The molecule has 3 rings (SSSR count). The molecule has 180 valence electrons. The van der Waals surface area contributed by atoms with E-state index in [4.69, 9.17) is 5.73 Å². The maximum atomic E-state index is 13.0. The van der Waals surface area contributed by atoms with Crippen LogP contribution in [0.5, 0.6) is 5.75 Å². The van der Waals surface area contributed by atoms with Crippen molar-refractivity contribution in [2.45, 2.75) is 24.5 Å². The van der Waals surface area contributed by atoms with Crippen LogP contribution < -0.4 is 21.7 Å². The highest BCUT2D eigenvalue weighted by atomic mass is 33.1. The number of phenolic OH excluding ortho intramolecular Hbond substituents is 1. The van der Waals surface area contributed by atoms with E-state index >= 15 is 0 Å². The Hall–Kier alpha value is -3.22. The highest BCUT2D eigenvalue weighted by Gasteiger charge is 2.28. The molecule has 2 aromatic carbocycles. The number of fused-ring (bicyclic) bond motifs is 1. The van der Waals surface area contributed by atoms with Crippen molar-refractivity contribution in [3.05, 3.63) is 59.7 Å². The number of para-hydroxylation sites is 1. The molecule has 3 atom stereocenters. The first-order valence-electron chi connectivity index (χ1n) is 10.3. The Bertz CT molecular complexity index is 1070. The lowest BCUT2D eigenvalue weighted by Gasteiger charge is -2.23. The van der Waals surface area contributed by atoms with Gasteiger partial charge in [-0.3, -0.25) is 14.4 Å². The Kier molecular flexibility index (Phi) is 8.79. The molecule has 1 heterocycles. The zero-order valence-corrected chi connectivity index (χ0v) is 19.5. The van der Waals surface area contributed by atoms with Gasteiger partial charge in [0, 0.05) is 11.5 Å². The average molecular weight is 505 g/mol. The molecule has 10 nitrogen and oxygen atoms in total. The molecule has 0 fully saturated rings. The number of benzene rings is 2. The highest BCUT2D eigenvalue weighted by Crippen LogP contribution is 2.25. The zero-order chi connectivity index (χ0) is 24.7. The Morgan fingerprint density at radius 1 is 1.09 bits per heavy atom. The van der Waals surface area contributed by atoms with Crippen LogP contribution in [0.15, 0.2) is 48.5 Å². The van der Waals surface area contributed by atoms with E-state index in [-0.39, 0.29) is 34.9 Å². The van der Waals surface area contributed by atoms with E-state index in [9.17, 15) is 29.4 Å². The smallest absolute Gasteiger partial charge is 0.327 e. The lowest BCUT2D eigenvalue weighted by Crippen LogP contribution is -2.52. The molecule has 3 amide bonds. The van der Waals surface area contributed by atoms with Gasteiger partial charge in [0.15, 0.2) is 0 Å². The van der Waals surface area contributed by atoms with Gasteiger partial charge in [0.05, 0.1) is 17.3 Å². The second-order valence-electron chi connectivity index (χ2n) is 7.51. The van der Waals surface area contributed by atoms with Crippen molar-refractivity contribution in [3.8, 4) is 5.75 Å². The molecule has 1 aliphatic rings. The van der Waals surface area contributed by atoms with Crippen LogP contribution in [0.25, 0.3) is 0 Å². The Morgan fingerprint density at radius 3 is 2.47 bits per heavy atom. The van der Waals surface area contributed by atoms with Crippen LogP contribution in [0.4, 0.5) is 5.69 Å². The summed E-state index contributed by atoms with van der Waals surface area (Å²) in [6.07, 6.45) is 0.200. The summed E-state index contributed by atoms with van der Waals surface area (Å²) >= 11 is 0. The van der Waals surface area contributed by atoms with Gasteiger partial charge in [-0.1, -0.05) is 45.9 Å². The van der Waals surface area contributed by atoms with Crippen LogP contribution in [-0.4, -0.2) is 63.5 Å². The summed E-state index contributed by atoms with van der Waals surface area (Å²) in [5, 5.41) is 26.6. The molecule has 0 saturated heterocycles. The molecule has 0 radical (unpaired) electrons. The lowest BCUT2D eigenvalue weighted by molar-refractivity contribution is -0.138. The predicted molar refractivity (Wildman–Crippen MR) is 131 cm³/mol. The van der Waals surface area contributed by atoms with Crippen molar-refractivity contribution < 1.29 is 29.4 Å². The number of phenols is 1. The topological polar surface area (TPSA) is 171 Å². The second-order valence-corrected chi connectivity index (χ2v) is 10.1. The molecular formula is C22H24N4O6S2. The fourth-order valence-corrected chi connectivity index (χ4v) is 5.41. The molecule has 34 heavy (non-hydrogen) atoms. The molecule has 7 N–H and O–H groups in total. The van der Waals surface area contributed by atoms with Crippen LogP contribution in [0, 0.1) is 0 Å². The predicted octanol–water partition coefficient (Wildman–Crippen LogP) is 0.963. The van der Waals surface area contributed by atoms with E-state index in [1.165, 1.54) is 45.9 Å². The summed E-state index contributed by atoms with van der Waals surface area (Å²) in [6, 6.07) is 9.46. The first-order valence-corrected chi connectivity index (χ1v) is 12.7. The number of nitrogens with two attached hydrogens (primary N) is 1. The van der Waals surface area contributed by atoms with Gasteiger partial charge in [0.25, 0.3) is 5.91 Å². The summed E-state index contributed by atoms with van der Waals surface area (Å²) < 4.78 is 0. The third-order valence-electron chi connectivity index (χ3n) is 4.95. The number of anilines is 1. The molecule has 0 saturated carbocycles. The summed E-state index contributed by atoms with van der Waals surface area (Å²) in [4.78, 5) is 49.9. The van der Waals surface area contributed by atoms with Crippen LogP contribution in [-0.2, 0) is 20.8 Å². The number of hydrogen-bond donors (Lipinski definition) is 6. The molecule has 0 unspecified atom stereocenters. The van der Waals surface area contributed by atoms with E-state index in [2.05, 4.69) is 16.0 Å². The van der Waals surface area contributed by atoms with E-state index in [1.54, 1.807) is 24.3 Å². The molecule has 12 heteroatoms. The highest BCUT2D eigenvalue weighted by molar-refractivity contribution is 8.76. The van der Waals surface area contributed by atoms with Gasteiger partial charge >= 0.3 is 5.97 Å². The number of amides is 3. The van der Waals surface area contributed by atoms with Gasteiger partial charge in [0.1, 0.15) is 17.8 Å². The normalized spacial score (nSPS) is 19.9. The summed E-state index contributed by atoms with van der Waals surface area (Å²) in [7, 11) is 2.37. The molecule has 0 aliphatic carbocycles. The van der Waals surface area contributed by atoms with Crippen molar-refractivity contribution in [3.63, 3.8) is 0 Å². The van der Waals surface area contributed by atoms with Crippen molar-refractivity contribution in [2.24, 2.45) is 5.73 Å². The van der Waals surface area contributed by atoms with Crippen molar-refractivity contribution >= 4 is 51.0 Å². The number of carbonyl (C=O) groups excluding carboxylic acids is 3. The van der Waals surface area contributed by atoms with Crippen LogP contribution in [0.2, 0.25) is 0 Å². The van der Waals surface area contributed by atoms with E-state index in [0.717, 1.165) is 5.56 Å². The third-order valence-corrected chi connectivity index (χ3v) is 7.37. The number of carboxylic acids is 1. The number of carbonyl (C=O) groups is 4. The monoisotopic (exact) mass is 504 g/mol. The summed E-state index contributed by atoms with van der Waals surface area (Å²) in [5.41, 5.74) is 7.08. The Morgan fingerprint density at radius 2 is 1.76 bits per heavy atom. The van der Waals surface area contributed by atoms with Crippen molar-refractivity contribution in [1.29, 1.82) is 0 Å². The maximum Gasteiger partial charge on any atom is 0.327 e. The van der Waals surface area contributed by atoms with Gasteiger partial charge in [0.2, 0.25) is 11.8 Å². The van der Waals surface area contributed by atoms with E-state index < -0.39 is 41.8 Å². The number of rotatable bonds is 5. The molecule has 0 aromatic heterocycles. The summed E-state index contributed by atoms with van der Waals surface area (Å²) in [6.45, 7) is 0. The first kappa shape index (κ1) is 25.4.